The lowest BCUT2D eigenvalue weighted by atomic mass is 9.89. The highest BCUT2D eigenvalue weighted by Gasteiger charge is 2.62. The van der Waals surface area contributed by atoms with Crippen LogP contribution < -0.4 is 4.90 Å². The molecule has 144 valence electrons. The molecule has 5 rings (SSSR count). The van der Waals surface area contributed by atoms with Crippen molar-refractivity contribution >= 4 is 29.1 Å². The number of carbonyl (C=O) groups is 2. The Kier molecular flexibility index (Phi) is 4.09. The third kappa shape index (κ3) is 2.47. The minimum Gasteiger partial charge on any atom is -0.274 e. The Morgan fingerprint density at radius 3 is 2.25 bits per heavy atom. The molecule has 2 aromatic rings. The van der Waals surface area contributed by atoms with Crippen LogP contribution in [0.1, 0.15) is 29.2 Å². The fourth-order valence-corrected chi connectivity index (χ4v) is 5.03. The number of fused-ring (bicyclic) bond motifs is 3. The maximum Gasteiger partial charge on any atom is 0.253 e. The Hall–Kier alpha value is -2.21. The van der Waals surface area contributed by atoms with E-state index in [4.69, 9.17) is 11.6 Å². The fourth-order valence-electron chi connectivity index (χ4n) is 4.85. The summed E-state index contributed by atoms with van der Waals surface area (Å²) in [7, 11) is 0. The zero-order valence-electron chi connectivity index (χ0n) is 15.9. The molecule has 3 atom stereocenters. The number of carbonyl (C=O) groups excluding carboxylic acids is 2. The van der Waals surface area contributed by atoms with Crippen LogP contribution in [0.25, 0.3) is 0 Å². The first kappa shape index (κ1) is 17.9. The van der Waals surface area contributed by atoms with E-state index in [9.17, 15) is 9.59 Å². The smallest absolute Gasteiger partial charge is 0.253 e. The molecular formula is C22H22ClN3O2. The average Bonchev–Trinajstić information content (AvgIpc) is 3.31. The van der Waals surface area contributed by atoms with Crippen molar-refractivity contribution in [3.05, 3.63) is 64.2 Å². The topological polar surface area (TPSA) is 43.9 Å². The largest absolute Gasteiger partial charge is 0.274 e. The van der Waals surface area contributed by atoms with Crippen LogP contribution in [0.5, 0.6) is 0 Å². The van der Waals surface area contributed by atoms with Gasteiger partial charge in [0.1, 0.15) is 6.04 Å². The molecular weight excluding hydrogens is 374 g/mol. The minimum absolute atomic E-state index is 0.101. The van der Waals surface area contributed by atoms with Gasteiger partial charge < -0.3 is 0 Å². The van der Waals surface area contributed by atoms with Gasteiger partial charge in [-0.2, -0.15) is 0 Å². The lowest BCUT2D eigenvalue weighted by Crippen LogP contribution is -2.44. The Labute approximate surface area is 169 Å². The Balaban J connectivity index is 1.58. The van der Waals surface area contributed by atoms with Gasteiger partial charge in [0.15, 0.2) is 0 Å². The van der Waals surface area contributed by atoms with Crippen molar-refractivity contribution in [3.63, 3.8) is 0 Å². The van der Waals surface area contributed by atoms with Crippen molar-refractivity contribution in [2.45, 2.75) is 32.4 Å². The molecule has 0 unspecified atom stereocenters. The number of benzene rings is 2. The average molecular weight is 396 g/mol. The summed E-state index contributed by atoms with van der Waals surface area (Å²) in [5, 5.41) is 4.91. The van der Waals surface area contributed by atoms with Crippen LogP contribution in [0, 0.1) is 19.8 Å². The number of halogens is 1. The predicted molar refractivity (Wildman–Crippen MR) is 108 cm³/mol. The van der Waals surface area contributed by atoms with Gasteiger partial charge in [-0.25, -0.2) is 14.9 Å². The number of nitrogens with zero attached hydrogens (tertiary/aromatic N) is 3. The summed E-state index contributed by atoms with van der Waals surface area (Å²) in [6, 6.07) is 13.2. The zero-order chi connectivity index (χ0) is 19.6. The lowest BCUT2D eigenvalue weighted by molar-refractivity contribution is -0.126. The van der Waals surface area contributed by atoms with Gasteiger partial charge in [0.2, 0.25) is 5.91 Å². The third-order valence-corrected chi connectivity index (χ3v) is 6.65. The molecule has 3 heterocycles. The Morgan fingerprint density at radius 2 is 1.57 bits per heavy atom. The molecule has 2 amide bonds. The highest BCUT2D eigenvalue weighted by atomic mass is 35.5. The number of anilines is 1. The highest BCUT2D eigenvalue weighted by Crippen LogP contribution is 2.49. The molecule has 0 spiro atoms. The fraction of sp³-hybridized carbons (Fsp3) is 0.364. The van der Waals surface area contributed by atoms with Crippen molar-refractivity contribution in [1.29, 1.82) is 0 Å². The van der Waals surface area contributed by atoms with Crippen LogP contribution in [-0.2, 0) is 9.59 Å². The molecule has 5 nitrogen and oxygen atoms in total. The van der Waals surface area contributed by atoms with E-state index in [0.717, 1.165) is 30.6 Å². The summed E-state index contributed by atoms with van der Waals surface area (Å²) in [4.78, 5) is 28.2. The van der Waals surface area contributed by atoms with Crippen LogP contribution in [0.15, 0.2) is 42.5 Å². The van der Waals surface area contributed by atoms with E-state index in [-0.39, 0.29) is 17.9 Å². The van der Waals surface area contributed by atoms with Gasteiger partial charge in [-0.1, -0.05) is 47.5 Å². The summed E-state index contributed by atoms with van der Waals surface area (Å²) in [6.07, 6.45) is 1.00. The van der Waals surface area contributed by atoms with E-state index in [1.165, 1.54) is 10.5 Å². The van der Waals surface area contributed by atoms with E-state index in [2.05, 4.69) is 41.2 Å². The molecule has 0 aliphatic carbocycles. The standard InChI is InChI=1S/C22H22ClN3O2/c1-13-4-7-15(8-5-13)19-18-20(25-11-3-10-24(19)25)22(28)26(21(18)27)16-9-6-14(2)17(23)12-16/h4-9,12,18-20H,3,10-11H2,1-2H3/t18-,19-,20-/m1/s1. The van der Waals surface area contributed by atoms with E-state index >= 15 is 0 Å². The van der Waals surface area contributed by atoms with Crippen molar-refractivity contribution in [1.82, 2.24) is 10.0 Å². The SMILES string of the molecule is Cc1ccc([C@@H]2[C@H]3C(=O)N(c4ccc(C)c(Cl)c4)C(=O)[C@@H]3N3CCCN23)cc1. The lowest BCUT2D eigenvalue weighted by Gasteiger charge is -2.30. The first-order valence-corrected chi connectivity index (χ1v) is 10.1. The quantitative estimate of drug-likeness (QED) is 0.730. The maximum absolute atomic E-state index is 13.5. The number of aryl methyl sites for hydroxylation is 2. The second kappa shape index (κ2) is 6.41. The molecule has 3 aliphatic rings. The van der Waals surface area contributed by atoms with Crippen molar-refractivity contribution in [2.24, 2.45) is 5.92 Å². The number of rotatable bonds is 2. The summed E-state index contributed by atoms with van der Waals surface area (Å²) in [6.45, 7) is 5.65. The molecule has 2 aromatic carbocycles. The molecule has 3 saturated heterocycles. The van der Waals surface area contributed by atoms with Crippen molar-refractivity contribution < 1.29 is 9.59 Å². The van der Waals surface area contributed by atoms with Crippen LogP contribution >= 0.6 is 11.6 Å². The first-order valence-electron chi connectivity index (χ1n) is 9.71. The monoisotopic (exact) mass is 395 g/mol. The molecule has 28 heavy (non-hydrogen) atoms. The van der Waals surface area contributed by atoms with Gasteiger partial charge in [-0.15, -0.1) is 0 Å². The highest BCUT2D eigenvalue weighted by molar-refractivity contribution is 6.32. The Bertz CT molecular complexity index is 974. The van der Waals surface area contributed by atoms with Gasteiger partial charge in [0, 0.05) is 18.1 Å². The molecule has 0 aromatic heterocycles. The molecule has 0 N–H and O–H groups in total. The number of amides is 2. The normalized spacial score (nSPS) is 27.5. The van der Waals surface area contributed by atoms with Gasteiger partial charge in [-0.3, -0.25) is 9.59 Å². The van der Waals surface area contributed by atoms with Gasteiger partial charge in [0.25, 0.3) is 5.91 Å². The van der Waals surface area contributed by atoms with E-state index in [0.29, 0.717) is 10.7 Å². The summed E-state index contributed by atoms with van der Waals surface area (Å²) >= 11 is 6.27. The first-order chi connectivity index (χ1) is 13.5. The van der Waals surface area contributed by atoms with Crippen LogP contribution in [0.4, 0.5) is 5.69 Å². The summed E-state index contributed by atoms with van der Waals surface area (Å²) in [5.74, 6) is -0.665. The van der Waals surface area contributed by atoms with Gasteiger partial charge >= 0.3 is 0 Å². The predicted octanol–water partition coefficient (Wildman–Crippen LogP) is 3.49. The van der Waals surface area contributed by atoms with Crippen molar-refractivity contribution in [3.8, 4) is 0 Å². The van der Waals surface area contributed by atoms with E-state index in [1.54, 1.807) is 12.1 Å². The number of hydrazine groups is 1. The molecule has 3 fully saturated rings. The Morgan fingerprint density at radius 1 is 0.893 bits per heavy atom. The van der Waals surface area contributed by atoms with E-state index in [1.807, 2.05) is 13.0 Å². The summed E-state index contributed by atoms with van der Waals surface area (Å²) < 4.78 is 0. The molecule has 6 heteroatoms. The van der Waals surface area contributed by atoms with Gasteiger partial charge in [0.05, 0.1) is 17.6 Å². The molecule has 3 aliphatic heterocycles. The zero-order valence-corrected chi connectivity index (χ0v) is 16.7. The van der Waals surface area contributed by atoms with Gasteiger partial charge in [-0.05, 0) is 43.5 Å². The molecule has 0 radical (unpaired) electrons. The summed E-state index contributed by atoms with van der Waals surface area (Å²) in [5.41, 5.74) is 3.76. The third-order valence-electron chi connectivity index (χ3n) is 6.24. The maximum atomic E-state index is 13.5. The minimum atomic E-state index is -0.429. The number of hydrogen-bond donors (Lipinski definition) is 0. The second-order valence-corrected chi connectivity index (χ2v) is 8.36. The van der Waals surface area contributed by atoms with E-state index < -0.39 is 12.0 Å². The van der Waals surface area contributed by atoms with Crippen LogP contribution in [-0.4, -0.2) is 41.0 Å². The molecule has 0 bridgehead atoms. The molecule has 0 saturated carbocycles. The van der Waals surface area contributed by atoms with Crippen molar-refractivity contribution in [2.75, 3.05) is 18.0 Å². The number of imide groups is 1. The van der Waals surface area contributed by atoms with Crippen LogP contribution in [0.3, 0.4) is 0 Å². The van der Waals surface area contributed by atoms with Crippen LogP contribution in [0.2, 0.25) is 5.02 Å². The number of hydrogen-bond acceptors (Lipinski definition) is 4. The second-order valence-electron chi connectivity index (χ2n) is 7.95.